The van der Waals surface area contributed by atoms with Crippen LogP contribution in [-0.2, 0) is 0 Å². The molecule has 94 valence electrons. The fourth-order valence-electron chi connectivity index (χ4n) is 3.03. The first kappa shape index (κ1) is 12.4. The number of methoxy groups -OCH3 is 1. The second-order valence-electron chi connectivity index (χ2n) is 5.45. The van der Waals surface area contributed by atoms with Crippen LogP contribution >= 0.6 is 0 Å². The average molecular weight is 236 g/mol. The van der Waals surface area contributed by atoms with Crippen LogP contribution < -0.4 is 4.74 Å². The van der Waals surface area contributed by atoms with Crippen molar-refractivity contribution in [3.8, 4) is 5.75 Å². The van der Waals surface area contributed by atoms with E-state index in [4.69, 9.17) is 4.74 Å². The van der Waals surface area contributed by atoms with E-state index in [1.165, 1.54) is 5.56 Å². The molecule has 0 spiro atoms. The number of likely N-dealkylation sites (tertiary alicyclic amines) is 1. The first-order chi connectivity index (χ1) is 8.08. The van der Waals surface area contributed by atoms with Gasteiger partial charge in [-0.1, -0.05) is 0 Å². The van der Waals surface area contributed by atoms with E-state index in [9.17, 15) is 5.11 Å². The predicted octanol–water partition coefficient (Wildman–Crippen LogP) is 1.82. The molecule has 0 unspecified atom stereocenters. The number of benzene rings is 1. The van der Waals surface area contributed by atoms with Gasteiger partial charge in [0, 0.05) is 17.9 Å². The minimum Gasteiger partial charge on any atom is -0.497 e. The third-order valence-electron chi connectivity index (χ3n) is 3.97. The highest BCUT2D eigenvalue weighted by atomic mass is 16.5. The molecule has 0 amide bonds. The largest absolute Gasteiger partial charge is 0.497 e. The van der Waals surface area contributed by atoms with E-state index in [1.54, 1.807) is 7.11 Å². The summed E-state index contributed by atoms with van der Waals surface area (Å²) in [6, 6.07) is 8.64. The molecule has 0 saturated carbocycles. The van der Waals surface area contributed by atoms with Crippen molar-refractivity contribution in [1.82, 2.24) is 0 Å². The van der Waals surface area contributed by atoms with Crippen LogP contribution in [-0.4, -0.2) is 43.9 Å². The number of aliphatic hydroxyl groups is 1. The normalized spacial score (nSPS) is 27.1. The van der Waals surface area contributed by atoms with Gasteiger partial charge in [-0.3, -0.25) is 0 Å². The second kappa shape index (κ2) is 4.67. The van der Waals surface area contributed by atoms with Crippen LogP contribution in [0.3, 0.4) is 0 Å². The van der Waals surface area contributed by atoms with Crippen LogP contribution in [0, 0.1) is 5.92 Å². The van der Waals surface area contributed by atoms with Gasteiger partial charge in [-0.25, -0.2) is 0 Å². The van der Waals surface area contributed by atoms with Crippen molar-refractivity contribution in [3.05, 3.63) is 29.8 Å². The maximum absolute atomic E-state index is 9.50. The highest BCUT2D eigenvalue weighted by molar-refractivity contribution is 5.29. The fraction of sp³-hybridized carbons (Fsp3) is 0.571. The Morgan fingerprint density at radius 3 is 2.47 bits per heavy atom. The van der Waals surface area contributed by atoms with Crippen LogP contribution in [0.5, 0.6) is 5.75 Å². The van der Waals surface area contributed by atoms with Crippen LogP contribution in [0.4, 0.5) is 0 Å². The molecule has 1 aliphatic heterocycles. The molecule has 2 rings (SSSR count). The summed E-state index contributed by atoms with van der Waals surface area (Å²) in [7, 11) is 6.16. The highest BCUT2D eigenvalue weighted by Gasteiger charge is 2.42. The van der Waals surface area contributed by atoms with Gasteiger partial charge in [0.15, 0.2) is 0 Å². The molecule has 1 N–H and O–H groups in total. The number of ether oxygens (including phenoxy) is 1. The van der Waals surface area contributed by atoms with Crippen LogP contribution in [0.25, 0.3) is 0 Å². The topological polar surface area (TPSA) is 29.5 Å². The molecule has 0 bridgehead atoms. The Labute approximate surface area is 103 Å². The molecule has 0 aromatic heterocycles. The first-order valence-corrected chi connectivity index (χ1v) is 6.16. The number of aliphatic hydroxyl groups excluding tert-OH is 1. The van der Waals surface area contributed by atoms with Gasteiger partial charge in [-0.05, 0) is 24.3 Å². The van der Waals surface area contributed by atoms with Gasteiger partial charge in [-0.2, -0.15) is 0 Å². The molecule has 3 nitrogen and oxygen atoms in total. The Morgan fingerprint density at radius 2 is 1.94 bits per heavy atom. The van der Waals surface area contributed by atoms with Crippen molar-refractivity contribution in [2.45, 2.75) is 12.5 Å². The molecule has 0 radical (unpaired) electrons. The molecule has 1 saturated heterocycles. The highest BCUT2D eigenvalue weighted by Crippen LogP contribution is 2.40. The molecular weight excluding hydrogens is 214 g/mol. The number of hydrogen-bond donors (Lipinski definition) is 1. The summed E-state index contributed by atoms with van der Waals surface area (Å²) in [5.74, 6) is 1.26. The minimum atomic E-state index is 0.276. The molecule has 0 aliphatic carbocycles. The lowest BCUT2D eigenvalue weighted by Gasteiger charge is -2.34. The van der Waals surface area contributed by atoms with E-state index >= 15 is 0 Å². The Bertz CT molecular complexity index is 372. The zero-order valence-corrected chi connectivity index (χ0v) is 10.9. The van der Waals surface area contributed by atoms with Gasteiger partial charge in [0.2, 0.25) is 0 Å². The smallest absolute Gasteiger partial charge is 0.120 e. The van der Waals surface area contributed by atoms with E-state index < -0.39 is 0 Å². The molecule has 1 aromatic rings. The maximum Gasteiger partial charge on any atom is 0.120 e. The van der Waals surface area contributed by atoms with Gasteiger partial charge >= 0.3 is 0 Å². The number of nitrogens with zero attached hydrogens (tertiary/aromatic N) is 1. The summed E-state index contributed by atoms with van der Waals surface area (Å²) in [4.78, 5) is 0. The van der Waals surface area contributed by atoms with Crippen molar-refractivity contribution >= 4 is 0 Å². The van der Waals surface area contributed by atoms with Gasteiger partial charge < -0.3 is 14.3 Å². The molecule has 2 atom stereocenters. The number of quaternary nitrogens is 1. The molecule has 1 heterocycles. The third-order valence-corrected chi connectivity index (χ3v) is 3.97. The minimum absolute atomic E-state index is 0.276. The van der Waals surface area contributed by atoms with Crippen molar-refractivity contribution < 1.29 is 14.3 Å². The van der Waals surface area contributed by atoms with Crippen molar-refractivity contribution in [3.63, 3.8) is 0 Å². The number of rotatable bonds is 3. The van der Waals surface area contributed by atoms with E-state index in [1.807, 2.05) is 12.1 Å². The summed E-state index contributed by atoms with van der Waals surface area (Å²) < 4.78 is 6.14. The van der Waals surface area contributed by atoms with Crippen LogP contribution in [0.15, 0.2) is 24.3 Å². The van der Waals surface area contributed by atoms with E-state index in [-0.39, 0.29) is 6.61 Å². The lowest BCUT2D eigenvalue weighted by atomic mass is 9.94. The van der Waals surface area contributed by atoms with E-state index in [0.717, 1.165) is 23.2 Å². The lowest BCUT2D eigenvalue weighted by Crippen LogP contribution is -2.40. The monoisotopic (exact) mass is 236 g/mol. The van der Waals surface area contributed by atoms with E-state index in [2.05, 4.69) is 26.2 Å². The summed E-state index contributed by atoms with van der Waals surface area (Å²) in [5.41, 5.74) is 1.30. The summed E-state index contributed by atoms with van der Waals surface area (Å²) in [6.45, 7) is 1.40. The third kappa shape index (κ3) is 2.31. The van der Waals surface area contributed by atoms with Gasteiger partial charge in [0.1, 0.15) is 11.8 Å². The summed E-state index contributed by atoms with van der Waals surface area (Å²) >= 11 is 0. The zero-order valence-electron chi connectivity index (χ0n) is 10.9. The van der Waals surface area contributed by atoms with Gasteiger partial charge in [0.05, 0.1) is 34.4 Å². The van der Waals surface area contributed by atoms with Gasteiger partial charge in [0.25, 0.3) is 0 Å². The molecule has 1 aliphatic rings. The molecule has 1 fully saturated rings. The molecule has 1 aromatic carbocycles. The van der Waals surface area contributed by atoms with E-state index in [0.29, 0.717) is 12.0 Å². The van der Waals surface area contributed by atoms with Crippen molar-refractivity contribution in [2.24, 2.45) is 5.92 Å². The zero-order chi connectivity index (χ0) is 12.5. The molecular formula is C14H22NO2+. The Hall–Kier alpha value is -1.06. The summed E-state index contributed by atoms with van der Waals surface area (Å²) in [6.07, 6.45) is 1.10. The fourth-order valence-corrected chi connectivity index (χ4v) is 3.03. The predicted molar refractivity (Wildman–Crippen MR) is 67.9 cm³/mol. The first-order valence-electron chi connectivity index (χ1n) is 6.16. The average Bonchev–Trinajstić information content (AvgIpc) is 2.64. The number of hydrogen-bond acceptors (Lipinski definition) is 2. The second-order valence-corrected chi connectivity index (χ2v) is 5.45. The molecule has 17 heavy (non-hydrogen) atoms. The maximum atomic E-state index is 9.50. The summed E-state index contributed by atoms with van der Waals surface area (Å²) in [5, 5.41) is 9.50. The Balaban J connectivity index is 2.29. The van der Waals surface area contributed by atoms with Crippen LogP contribution in [0.2, 0.25) is 0 Å². The van der Waals surface area contributed by atoms with Crippen molar-refractivity contribution in [1.29, 1.82) is 0 Å². The van der Waals surface area contributed by atoms with Gasteiger partial charge in [-0.15, -0.1) is 0 Å². The SMILES string of the molecule is COc1ccc([C@H]2[C@H](CO)CC[N+]2(C)C)cc1. The Morgan fingerprint density at radius 1 is 1.29 bits per heavy atom. The Kier molecular flexibility index (Phi) is 3.40. The van der Waals surface area contributed by atoms with Crippen LogP contribution in [0.1, 0.15) is 18.0 Å². The molecule has 3 heteroatoms. The standard InChI is InChI=1S/C14H22NO2/c1-15(2)9-8-12(10-16)14(15)11-4-6-13(17-3)7-5-11/h4-7,12,14,16H,8-10H2,1-3H3/q+1/t12-,14-/m0/s1. The quantitative estimate of drug-likeness (QED) is 0.811. The van der Waals surface area contributed by atoms with Crippen molar-refractivity contribution in [2.75, 3.05) is 34.4 Å². The lowest BCUT2D eigenvalue weighted by molar-refractivity contribution is -0.910.